The molecule has 0 aromatic rings. The van der Waals surface area contributed by atoms with E-state index in [1.165, 1.54) is 0 Å². The van der Waals surface area contributed by atoms with E-state index in [1.807, 2.05) is 0 Å². The van der Waals surface area contributed by atoms with E-state index in [0.29, 0.717) is 19.1 Å². The lowest BCUT2D eigenvalue weighted by atomic mass is 9.81. The van der Waals surface area contributed by atoms with Crippen LogP contribution in [0.4, 0.5) is 0 Å². The Morgan fingerprint density at radius 3 is 2.33 bits per heavy atom. The Morgan fingerprint density at radius 2 is 1.89 bits per heavy atom. The molecule has 0 saturated carbocycles. The van der Waals surface area contributed by atoms with Crippen LogP contribution in [0.5, 0.6) is 0 Å². The summed E-state index contributed by atoms with van der Waals surface area (Å²) in [6.45, 7) is 9.84. The van der Waals surface area contributed by atoms with Gasteiger partial charge in [0.2, 0.25) is 0 Å². The van der Waals surface area contributed by atoms with Crippen LogP contribution in [0.15, 0.2) is 0 Å². The minimum atomic E-state index is -0.563. The second-order valence-corrected chi connectivity index (χ2v) is 7.14. The largest absolute Gasteiger partial charge is 0.388 e. The molecular weight excluding hydrogens is 246 g/mol. The van der Waals surface area contributed by atoms with Crippen LogP contribution in [0, 0.1) is 11.3 Å². The Morgan fingerprint density at radius 1 is 1.33 bits per heavy atom. The number of aliphatic hydroxyl groups is 1. The molecule has 0 aromatic carbocycles. The molecular formula is C14H29NO2S. The minimum Gasteiger partial charge on any atom is -0.388 e. The summed E-state index contributed by atoms with van der Waals surface area (Å²) >= 11 is 4.46. The first-order chi connectivity index (χ1) is 8.27. The molecule has 18 heavy (non-hydrogen) atoms. The number of hydrogen-bond donors (Lipinski definition) is 2. The van der Waals surface area contributed by atoms with Crippen molar-refractivity contribution in [1.29, 1.82) is 0 Å². The molecule has 1 aliphatic rings. The third kappa shape index (κ3) is 5.08. The molecule has 1 saturated heterocycles. The van der Waals surface area contributed by atoms with Gasteiger partial charge in [0.25, 0.3) is 0 Å². The van der Waals surface area contributed by atoms with E-state index in [9.17, 15) is 5.11 Å². The summed E-state index contributed by atoms with van der Waals surface area (Å²) in [4.78, 5) is 2.25. The average Bonchev–Trinajstić information content (AvgIpc) is 2.24. The molecule has 1 atom stereocenters. The van der Waals surface area contributed by atoms with E-state index in [2.05, 4.69) is 45.3 Å². The second kappa shape index (κ2) is 6.60. The molecule has 0 amide bonds. The molecule has 0 radical (unpaired) electrons. The normalized spacial score (nSPS) is 22.2. The number of hydrogen-bond acceptors (Lipinski definition) is 4. The Kier molecular flexibility index (Phi) is 5.97. The summed E-state index contributed by atoms with van der Waals surface area (Å²) in [5, 5.41) is 10.5. The highest BCUT2D eigenvalue weighted by Crippen LogP contribution is 2.28. The van der Waals surface area contributed by atoms with Gasteiger partial charge in [0.15, 0.2) is 0 Å². The van der Waals surface area contributed by atoms with Gasteiger partial charge in [0.05, 0.1) is 5.60 Å². The number of rotatable bonds is 5. The fraction of sp³-hybridized carbons (Fsp3) is 1.00. The van der Waals surface area contributed by atoms with Crippen molar-refractivity contribution in [2.24, 2.45) is 11.3 Å². The zero-order valence-electron chi connectivity index (χ0n) is 12.3. The standard InChI is InChI=1S/C14H29NO2S/c1-13(2,3)12(10-18)9-15(4)11-14(16)5-7-17-8-6-14/h12,16,18H,5-11H2,1-4H3. The maximum Gasteiger partial charge on any atom is 0.0817 e. The summed E-state index contributed by atoms with van der Waals surface area (Å²) in [6.07, 6.45) is 1.50. The molecule has 1 fully saturated rings. The Labute approximate surface area is 117 Å². The van der Waals surface area contributed by atoms with Crippen molar-refractivity contribution >= 4 is 12.6 Å². The van der Waals surface area contributed by atoms with E-state index < -0.39 is 5.60 Å². The van der Waals surface area contributed by atoms with Crippen LogP contribution < -0.4 is 0 Å². The summed E-state index contributed by atoms with van der Waals surface area (Å²) < 4.78 is 5.31. The van der Waals surface area contributed by atoms with Crippen LogP contribution in [0.3, 0.4) is 0 Å². The van der Waals surface area contributed by atoms with E-state index in [4.69, 9.17) is 4.74 Å². The van der Waals surface area contributed by atoms with Crippen LogP contribution in [-0.2, 0) is 4.74 Å². The molecule has 1 aliphatic heterocycles. The van der Waals surface area contributed by atoms with Gasteiger partial charge in [-0.1, -0.05) is 20.8 Å². The predicted octanol–water partition coefficient (Wildman–Crippen LogP) is 2.05. The maximum atomic E-state index is 10.5. The Hall–Kier alpha value is 0.230. The summed E-state index contributed by atoms with van der Waals surface area (Å²) in [6, 6.07) is 0. The lowest BCUT2D eigenvalue weighted by Crippen LogP contribution is -2.47. The third-order valence-corrected chi connectivity index (χ3v) is 4.41. The fourth-order valence-corrected chi connectivity index (χ4v) is 3.12. The molecule has 0 aliphatic carbocycles. The lowest BCUT2D eigenvalue weighted by molar-refractivity contribution is -0.0790. The van der Waals surface area contributed by atoms with Crippen molar-refractivity contribution in [2.75, 3.05) is 39.1 Å². The Bertz CT molecular complexity index is 247. The van der Waals surface area contributed by atoms with Gasteiger partial charge >= 0.3 is 0 Å². The van der Waals surface area contributed by atoms with Gasteiger partial charge in [0, 0.05) is 39.1 Å². The van der Waals surface area contributed by atoms with Gasteiger partial charge in [-0.25, -0.2) is 0 Å². The van der Waals surface area contributed by atoms with E-state index in [1.54, 1.807) is 0 Å². The highest BCUT2D eigenvalue weighted by atomic mass is 32.1. The summed E-state index contributed by atoms with van der Waals surface area (Å²) in [5.74, 6) is 1.42. The van der Waals surface area contributed by atoms with Crippen LogP contribution in [0.25, 0.3) is 0 Å². The smallest absolute Gasteiger partial charge is 0.0817 e. The van der Waals surface area contributed by atoms with Crippen molar-refractivity contribution in [3.63, 3.8) is 0 Å². The molecule has 1 rings (SSSR count). The van der Waals surface area contributed by atoms with Crippen molar-refractivity contribution in [1.82, 2.24) is 4.90 Å². The van der Waals surface area contributed by atoms with Gasteiger partial charge < -0.3 is 14.7 Å². The molecule has 108 valence electrons. The molecule has 0 spiro atoms. The quantitative estimate of drug-likeness (QED) is 0.753. The van der Waals surface area contributed by atoms with Gasteiger partial charge in [-0.05, 0) is 24.1 Å². The van der Waals surface area contributed by atoms with Gasteiger partial charge in [-0.3, -0.25) is 0 Å². The molecule has 0 aromatic heterocycles. The van der Waals surface area contributed by atoms with Crippen LogP contribution >= 0.6 is 12.6 Å². The fourth-order valence-electron chi connectivity index (χ4n) is 2.46. The molecule has 1 heterocycles. The summed E-state index contributed by atoms with van der Waals surface area (Å²) in [7, 11) is 2.09. The first-order valence-corrected chi connectivity index (χ1v) is 7.50. The van der Waals surface area contributed by atoms with Crippen molar-refractivity contribution in [2.45, 2.75) is 39.2 Å². The SMILES string of the molecule is CN(CC(CS)C(C)(C)C)CC1(O)CCOCC1. The second-order valence-electron chi connectivity index (χ2n) is 6.78. The number of likely N-dealkylation sites (N-methyl/N-ethyl adjacent to an activating group) is 1. The average molecular weight is 275 g/mol. The van der Waals surface area contributed by atoms with Crippen molar-refractivity contribution in [3.8, 4) is 0 Å². The highest BCUT2D eigenvalue weighted by molar-refractivity contribution is 7.80. The Balaban J connectivity index is 2.47. The number of thiol groups is 1. The molecule has 3 nitrogen and oxygen atoms in total. The van der Waals surface area contributed by atoms with Crippen LogP contribution in [0.2, 0.25) is 0 Å². The zero-order chi connectivity index (χ0) is 13.8. The lowest BCUT2D eigenvalue weighted by Gasteiger charge is -2.38. The van der Waals surface area contributed by atoms with Gasteiger partial charge in [0.1, 0.15) is 0 Å². The van der Waals surface area contributed by atoms with E-state index >= 15 is 0 Å². The summed E-state index contributed by atoms with van der Waals surface area (Å²) in [5.41, 5.74) is -0.305. The number of ether oxygens (including phenoxy) is 1. The highest BCUT2D eigenvalue weighted by Gasteiger charge is 2.32. The monoisotopic (exact) mass is 275 g/mol. The minimum absolute atomic E-state index is 0.258. The van der Waals surface area contributed by atoms with Crippen molar-refractivity contribution in [3.05, 3.63) is 0 Å². The molecule has 1 unspecified atom stereocenters. The molecule has 4 heteroatoms. The van der Waals surface area contributed by atoms with E-state index in [0.717, 1.165) is 31.7 Å². The maximum absolute atomic E-state index is 10.5. The zero-order valence-corrected chi connectivity index (χ0v) is 13.2. The molecule has 0 bridgehead atoms. The first-order valence-electron chi connectivity index (χ1n) is 6.86. The van der Waals surface area contributed by atoms with E-state index in [-0.39, 0.29) is 5.41 Å². The van der Waals surface area contributed by atoms with Crippen molar-refractivity contribution < 1.29 is 9.84 Å². The van der Waals surface area contributed by atoms with Gasteiger partial charge in [-0.2, -0.15) is 12.6 Å². The molecule has 1 N–H and O–H groups in total. The predicted molar refractivity (Wildman–Crippen MR) is 79.3 cm³/mol. The van der Waals surface area contributed by atoms with Crippen LogP contribution in [-0.4, -0.2) is 54.7 Å². The number of nitrogens with zero attached hydrogens (tertiary/aromatic N) is 1. The first kappa shape index (κ1) is 16.3. The third-order valence-electron chi connectivity index (χ3n) is 3.96. The van der Waals surface area contributed by atoms with Crippen LogP contribution in [0.1, 0.15) is 33.6 Å². The topological polar surface area (TPSA) is 32.7 Å². The van der Waals surface area contributed by atoms with Gasteiger partial charge in [-0.15, -0.1) is 0 Å².